The second-order valence-corrected chi connectivity index (χ2v) is 7.58. The van der Waals surface area contributed by atoms with Crippen LogP contribution in [0, 0.1) is 34.6 Å². The average molecular weight is 362 g/mol. The lowest BCUT2D eigenvalue weighted by Crippen LogP contribution is -2.14. The van der Waals surface area contributed by atoms with Gasteiger partial charge >= 0.3 is 0 Å². The highest BCUT2D eigenvalue weighted by atomic mass is 35.5. The molecule has 1 N–H and O–H groups in total. The van der Waals surface area contributed by atoms with Crippen LogP contribution < -0.4 is 5.32 Å². The van der Waals surface area contributed by atoms with Crippen LogP contribution in [-0.2, 0) is 10.5 Å². The number of thioether (sulfide) groups is 1. The molecular formula is C20H24ClNOS. The van der Waals surface area contributed by atoms with Gasteiger partial charge in [0.25, 0.3) is 0 Å². The molecule has 1 amide bonds. The van der Waals surface area contributed by atoms with Crippen molar-refractivity contribution in [1.29, 1.82) is 0 Å². The zero-order chi connectivity index (χ0) is 17.9. The van der Waals surface area contributed by atoms with Gasteiger partial charge in [-0.3, -0.25) is 4.79 Å². The van der Waals surface area contributed by atoms with Crippen molar-refractivity contribution in [2.75, 3.05) is 11.1 Å². The predicted octanol–water partition coefficient (Wildman–Crippen LogP) is 5.75. The number of carbonyl (C=O) groups is 1. The zero-order valence-corrected chi connectivity index (χ0v) is 16.5. The first kappa shape index (κ1) is 18.9. The number of anilines is 1. The van der Waals surface area contributed by atoms with Crippen LogP contribution in [0.2, 0.25) is 5.02 Å². The number of hydrogen-bond donors (Lipinski definition) is 1. The van der Waals surface area contributed by atoms with Crippen molar-refractivity contribution >= 4 is 35.0 Å². The first-order valence-electron chi connectivity index (χ1n) is 8.00. The van der Waals surface area contributed by atoms with E-state index in [-0.39, 0.29) is 5.91 Å². The molecule has 0 aliphatic carbocycles. The summed E-state index contributed by atoms with van der Waals surface area (Å²) in [6.07, 6.45) is 0. The van der Waals surface area contributed by atoms with Gasteiger partial charge < -0.3 is 5.32 Å². The van der Waals surface area contributed by atoms with Gasteiger partial charge in [-0.1, -0.05) is 17.7 Å². The number of hydrogen-bond acceptors (Lipinski definition) is 2. The Balaban J connectivity index is 1.98. The highest BCUT2D eigenvalue weighted by molar-refractivity contribution is 7.99. The van der Waals surface area contributed by atoms with E-state index in [0.717, 1.165) is 11.4 Å². The van der Waals surface area contributed by atoms with E-state index in [9.17, 15) is 4.79 Å². The van der Waals surface area contributed by atoms with E-state index in [1.165, 1.54) is 33.4 Å². The summed E-state index contributed by atoms with van der Waals surface area (Å²) in [4.78, 5) is 12.1. The molecule has 128 valence electrons. The lowest BCUT2D eigenvalue weighted by atomic mass is 9.90. The Morgan fingerprint density at radius 3 is 2.17 bits per heavy atom. The highest BCUT2D eigenvalue weighted by Crippen LogP contribution is 2.29. The Morgan fingerprint density at radius 1 is 1.00 bits per heavy atom. The van der Waals surface area contributed by atoms with Crippen molar-refractivity contribution in [2.24, 2.45) is 0 Å². The third kappa shape index (κ3) is 4.34. The summed E-state index contributed by atoms with van der Waals surface area (Å²) in [7, 11) is 0. The summed E-state index contributed by atoms with van der Waals surface area (Å²) in [5.41, 5.74) is 8.88. The fraction of sp³-hybridized carbons (Fsp3) is 0.350. The van der Waals surface area contributed by atoms with Crippen LogP contribution in [0.1, 0.15) is 33.4 Å². The van der Waals surface area contributed by atoms with Gasteiger partial charge in [-0.05, 0) is 86.2 Å². The maximum atomic E-state index is 12.1. The molecule has 0 radical (unpaired) electrons. The molecule has 0 unspecified atom stereocenters. The standard InChI is InChI=1S/C20H24ClNOS/c1-12-13(2)15(4)19(16(5)14(12)3)10-24-11-20(23)22-18-8-6-7-17(21)9-18/h6-9H,10-11H2,1-5H3,(H,22,23). The van der Waals surface area contributed by atoms with Crippen LogP contribution in [0.5, 0.6) is 0 Å². The summed E-state index contributed by atoms with van der Waals surface area (Å²) >= 11 is 7.58. The minimum Gasteiger partial charge on any atom is -0.325 e. The first-order chi connectivity index (χ1) is 11.3. The molecule has 0 atom stereocenters. The van der Waals surface area contributed by atoms with Gasteiger partial charge in [0.2, 0.25) is 5.91 Å². The molecule has 0 fully saturated rings. The van der Waals surface area contributed by atoms with E-state index < -0.39 is 0 Å². The number of benzene rings is 2. The van der Waals surface area contributed by atoms with Crippen LogP contribution in [0.3, 0.4) is 0 Å². The molecule has 24 heavy (non-hydrogen) atoms. The van der Waals surface area contributed by atoms with Crippen molar-refractivity contribution in [3.05, 3.63) is 62.7 Å². The van der Waals surface area contributed by atoms with Gasteiger partial charge in [0.15, 0.2) is 0 Å². The van der Waals surface area contributed by atoms with Gasteiger partial charge in [0.1, 0.15) is 0 Å². The summed E-state index contributed by atoms with van der Waals surface area (Å²) in [6, 6.07) is 7.22. The predicted molar refractivity (Wildman–Crippen MR) is 106 cm³/mol. The third-order valence-corrected chi connectivity index (χ3v) is 5.94. The van der Waals surface area contributed by atoms with Crippen molar-refractivity contribution < 1.29 is 4.79 Å². The largest absolute Gasteiger partial charge is 0.325 e. The molecule has 0 saturated heterocycles. The number of rotatable bonds is 5. The topological polar surface area (TPSA) is 29.1 Å². The third-order valence-electron chi connectivity index (χ3n) is 4.74. The van der Waals surface area contributed by atoms with E-state index in [0.29, 0.717) is 10.8 Å². The summed E-state index contributed by atoms with van der Waals surface area (Å²) in [6.45, 7) is 10.9. The van der Waals surface area contributed by atoms with E-state index in [1.807, 2.05) is 12.1 Å². The molecule has 0 aliphatic heterocycles. The summed E-state index contributed by atoms with van der Waals surface area (Å²) in [5, 5.41) is 3.51. The smallest absolute Gasteiger partial charge is 0.234 e. The van der Waals surface area contributed by atoms with Crippen molar-refractivity contribution in [3.8, 4) is 0 Å². The van der Waals surface area contributed by atoms with Crippen LogP contribution in [0.25, 0.3) is 0 Å². The van der Waals surface area contributed by atoms with Crippen molar-refractivity contribution in [1.82, 2.24) is 0 Å². The summed E-state index contributed by atoms with van der Waals surface area (Å²) < 4.78 is 0. The number of halogens is 1. The van der Waals surface area contributed by atoms with E-state index in [1.54, 1.807) is 23.9 Å². The fourth-order valence-electron chi connectivity index (χ4n) is 2.80. The molecule has 0 spiro atoms. The Hall–Kier alpha value is -1.45. The van der Waals surface area contributed by atoms with Crippen LogP contribution in [-0.4, -0.2) is 11.7 Å². The van der Waals surface area contributed by atoms with Crippen molar-refractivity contribution in [2.45, 2.75) is 40.4 Å². The van der Waals surface area contributed by atoms with E-state index in [4.69, 9.17) is 11.6 Å². The molecule has 0 saturated carbocycles. The van der Waals surface area contributed by atoms with Gasteiger partial charge in [-0.15, -0.1) is 11.8 Å². The van der Waals surface area contributed by atoms with E-state index in [2.05, 4.69) is 39.9 Å². The van der Waals surface area contributed by atoms with Gasteiger partial charge in [-0.25, -0.2) is 0 Å². The monoisotopic (exact) mass is 361 g/mol. The minimum atomic E-state index is -0.00173. The lowest BCUT2D eigenvalue weighted by Gasteiger charge is -2.18. The van der Waals surface area contributed by atoms with Gasteiger partial charge in [0, 0.05) is 16.5 Å². The quantitative estimate of drug-likeness (QED) is 0.734. The number of carbonyl (C=O) groups excluding carboxylic acids is 1. The highest BCUT2D eigenvalue weighted by Gasteiger charge is 2.13. The van der Waals surface area contributed by atoms with Crippen LogP contribution in [0.4, 0.5) is 5.69 Å². The Bertz CT molecular complexity index is 741. The SMILES string of the molecule is Cc1c(C)c(C)c(CSCC(=O)Nc2cccc(Cl)c2)c(C)c1C. The van der Waals surface area contributed by atoms with Crippen LogP contribution >= 0.6 is 23.4 Å². The maximum Gasteiger partial charge on any atom is 0.234 e. The fourth-order valence-corrected chi connectivity index (χ4v) is 3.99. The molecule has 0 bridgehead atoms. The van der Waals surface area contributed by atoms with Gasteiger partial charge in [-0.2, -0.15) is 0 Å². The molecule has 0 aliphatic rings. The molecule has 0 heterocycles. The Kier molecular flexibility index (Phi) is 6.36. The normalized spacial score (nSPS) is 10.8. The molecule has 2 aromatic carbocycles. The van der Waals surface area contributed by atoms with Crippen molar-refractivity contribution in [3.63, 3.8) is 0 Å². The lowest BCUT2D eigenvalue weighted by molar-refractivity contribution is -0.113. The minimum absolute atomic E-state index is 0.00173. The second kappa shape index (κ2) is 8.09. The number of nitrogens with one attached hydrogen (secondary N) is 1. The number of amides is 1. The molecular weight excluding hydrogens is 338 g/mol. The van der Waals surface area contributed by atoms with Gasteiger partial charge in [0.05, 0.1) is 5.75 Å². The molecule has 4 heteroatoms. The zero-order valence-electron chi connectivity index (χ0n) is 14.9. The Morgan fingerprint density at radius 2 is 1.58 bits per heavy atom. The molecule has 2 aromatic rings. The molecule has 2 rings (SSSR count). The Labute approximate surface area is 154 Å². The maximum absolute atomic E-state index is 12.1. The first-order valence-corrected chi connectivity index (χ1v) is 9.53. The van der Waals surface area contributed by atoms with Crippen LogP contribution in [0.15, 0.2) is 24.3 Å². The molecule has 0 aromatic heterocycles. The average Bonchev–Trinajstić information content (AvgIpc) is 2.54. The molecule has 2 nitrogen and oxygen atoms in total. The summed E-state index contributed by atoms with van der Waals surface area (Å²) in [5.74, 6) is 1.28. The van der Waals surface area contributed by atoms with E-state index >= 15 is 0 Å². The second-order valence-electron chi connectivity index (χ2n) is 6.15.